The first-order chi connectivity index (χ1) is 13.9. The van der Waals surface area contributed by atoms with Gasteiger partial charge in [-0.05, 0) is 61.9 Å². The Kier molecular flexibility index (Phi) is 5.04. The monoisotopic (exact) mass is 411 g/mol. The Morgan fingerprint density at radius 1 is 1.28 bits per heavy atom. The van der Waals surface area contributed by atoms with Crippen molar-refractivity contribution in [2.75, 3.05) is 0 Å². The molecule has 1 aromatic heterocycles. The molecule has 0 N–H and O–H groups in total. The molecule has 0 amide bonds. The Morgan fingerprint density at radius 2 is 2.03 bits per heavy atom. The maximum atomic E-state index is 11.5. The van der Waals surface area contributed by atoms with Crippen molar-refractivity contribution in [3.05, 3.63) is 73.9 Å². The topological polar surface area (TPSA) is 70.2 Å². The Bertz CT molecular complexity index is 1100. The van der Waals surface area contributed by atoms with Gasteiger partial charge in [0, 0.05) is 24.2 Å². The van der Waals surface area contributed by atoms with Crippen LogP contribution in [0.5, 0.6) is 5.75 Å². The summed E-state index contributed by atoms with van der Waals surface area (Å²) >= 11 is 6.24. The van der Waals surface area contributed by atoms with E-state index < -0.39 is 0 Å². The molecular formula is C22H22ClN3O3. The van der Waals surface area contributed by atoms with Crippen LogP contribution < -0.4 is 4.74 Å². The first kappa shape index (κ1) is 19.5. The number of hydrogen-bond acceptors (Lipinski definition) is 4. The smallest absolute Gasteiger partial charge is 0.276 e. The van der Waals surface area contributed by atoms with E-state index in [9.17, 15) is 10.1 Å². The number of aryl methyl sites for hydroxylation is 2. The maximum Gasteiger partial charge on any atom is 0.276 e. The van der Waals surface area contributed by atoms with Crippen LogP contribution in [0.15, 0.2) is 36.4 Å². The summed E-state index contributed by atoms with van der Waals surface area (Å²) in [4.78, 5) is 11.2. The number of nitro groups is 1. The third-order valence-corrected chi connectivity index (χ3v) is 5.95. The van der Waals surface area contributed by atoms with Gasteiger partial charge in [0.15, 0.2) is 0 Å². The van der Waals surface area contributed by atoms with Gasteiger partial charge in [-0.3, -0.25) is 14.8 Å². The first-order valence-electron chi connectivity index (χ1n) is 9.56. The predicted molar refractivity (Wildman–Crippen MR) is 113 cm³/mol. The highest BCUT2D eigenvalue weighted by atomic mass is 35.5. The van der Waals surface area contributed by atoms with Crippen LogP contribution in [0.3, 0.4) is 0 Å². The summed E-state index contributed by atoms with van der Waals surface area (Å²) in [7, 11) is 1.81. The second-order valence-corrected chi connectivity index (χ2v) is 7.89. The number of nitro benzene ring substituents is 1. The zero-order valence-electron chi connectivity index (χ0n) is 16.6. The zero-order chi connectivity index (χ0) is 20.7. The highest BCUT2D eigenvalue weighted by Crippen LogP contribution is 2.44. The van der Waals surface area contributed by atoms with Crippen molar-refractivity contribution in [1.82, 2.24) is 9.78 Å². The van der Waals surface area contributed by atoms with Crippen molar-refractivity contribution in [2.24, 2.45) is 7.05 Å². The molecule has 6 nitrogen and oxygen atoms in total. The molecule has 1 aliphatic rings. The standard InChI is InChI=1S/C22H22ClN3O3/c1-13-11-16(21-14(2)22(23)25(3)24-21)9-10-20(13)29-12-18-17(15-7-8-15)5-4-6-19(18)26(27)28/h4-6,9-11,15H,7-8,12H2,1-3H3. The lowest BCUT2D eigenvalue weighted by atomic mass is 10.0. The van der Waals surface area contributed by atoms with E-state index in [1.165, 1.54) is 0 Å². The van der Waals surface area contributed by atoms with Gasteiger partial charge in [0.2, 0.25) is 0 Å². The van der Waals surface area contributed by atoms with Gasteiger partial charge in [0.05, 0.1) is 16.2 Å². The van der Waals surface area contributed by atoms with Gasteiger partial charge in [0.1, 0.15) is 17.5 Å². The van der Waals surface area contributed by atoms with Crippen LogP contribution in [-0.2, 0) is 13.7 Å². The third kappa shape index (κ3) is 3.72. The summed E-state index contributed by atoms with van der Waals surface area (Å²) in [5, 5.41) is 16.6. The Labute approximate surface area is 174 Å². The molecule has 0 atom stereocenters. The van der Waals surface area contributed by atoms with Crippen molar-refractivity contribution < 1.29 is 9.66 Å². The fourth-order valence-electron chi connectivity index (χ4n) is 3.69. The quantitative estimate of drug-likeness (QED) is 0.384. The molecular weight excluding hydrogens is 390 g/mol. The molecule has 7 heteroatoms. The van der Waals surface area contributed by atoms with Crippen LogP contribution in [0.2, 0.25) is 5.15 Å². The Morgan fingerprint density at radius 3 is 2.62 bits per heavy atom. The number of ether oxygens (including phenoxy) is 1. The lowest BCUT2D eigenvalue weighted by Gasteiger charge is -2.13. The second-order valence-electron chi connectivity index (χ2n) is 7.53. The summed E-state index contributed by atoms with van der Waals surface area (Å²) in [6.45, 7) is 4.08. The van der Waals surface area contributed by atoms with Gasteiger partial charge in [-0.2, -0.15) is 5.10 Å². The molecule has 1 heterocycles. The van der Waals surface area contributed by atoms with Gasteiger partial charge < -0.3 is 4.74 Å². The van der Waals surface area contributed by atoms with Gasteiger partial charge >= 0.3 is 0 Å². The van der Waals surface area contributed by atoms with E-state index in [0.29, 0.717) is 22.4 Å². The fourth-order valence-corrected chi connectivity index (χ4v) is 3.82. The molecule has 1 fully saturated rings. The molecule has 0 spiro atoms. The van der Waals surface area contributed by atoms with Crippen molar-refractivity contribution in [3.8, 4) is 17.0 Å². The number of halogens is 1. The van der Waals surface area contributed by atoms with Crippen molar-refractivity contribution >= 4 is 17.3 Å². The largest absolute Gasteiger partial charge is 0.488 e. The van der Waals surface area contributed by atoms with Crippen LogP contribution in [-0.4, -0.2) is 14.7 Å². The molecule has 0 radical (unpaired) electrons. The fraction of sp³-hybridized carbons (Fsp3) is 0.318. The molecule has 29 heavy (non-hydrogen) atoms. The first-order valence-corrected chi connectivity index (χ1v) is 9.93. The van der Waals surface area contributed by atoms with Gasteiger partial charge in [-0.15, -0.1) is 0 Å². The van der Waals surface area contributed by atoms with Crippen LogP contribution in [0, 0.1) is 24.0 Å². The number of hydrogen-bond donors (Lipinski definition) is 0. The van der Waals surface area contributed by atoms with E-state index in [0.717, 1.165) is 40.8 Å². The highest BCUT2D eigenvalue weighted by molar-refractivity contribution is 6.30. The lowest BCUT2D eigenvalue weighted by Crippen LogP contribution is -2.05. The van der Waals surface area contributed by atoms with Crippen molar-refractivity contribution in [3.63, 3.8) is 0 Å². The lowest BCUT2D eigenvalue weighted by molar-refractivity contribution is -0.385. The summed E-state index contributed by atoms with van der Waals surface area (Å²) in [6, 6.07) is 11.1. The van der Waals surface area contributed by atoms with Crippen LogP contribution in [0.1, 0.15) is 41.0 Å². The minimum Gasteiger partial charge on any atom is -0.488 e. The Balaban J connectivity index is 1.60. The number of benzene rings is 2. The highest BCUT2D eigenvalue weighted by Gasteiger charge is 2.30. The third-order valence-electron chi connectivity index (χ3n) is 5.42. The number of rotatable bonds is 6. The summed E-state index contributed by atoms with van der Waals surface area (Å²) in [5.41, 5.74) is 5.50. The summed E-state index contributed by atoms with van der Waals surface area (Å²) in [5.74, 6) is 1.11. The minimum absolute atomic E-state index is 0.127. The number of aromatic nitrogens is 2. The SMILES string of the molecule is Cc1cc(-c2nn(C)c(Cl)c2C)ccc1OCc1c(C2CC2)cccc1[N+](=O)[O-]. The zero-order valence-corrected chi connectivity index (χ0v) is 17.4. The van der Waals surface area contributed by atoms with Crippen molar-refractivity contribution in [1.29, 1.82) is 0 Å². The number of nitrogens with zero attached hydrogens (tertiary/aromatic N) is 3. The van der Waals surface area contributed by atoms with E-state index in [1.54, 1.807) is 16.8 Å². The maximum absolute atomic E-state index is 11.5. The molecule has 4 rings (SSSR count). The van der Waals surface area contributed by atoms with Gasteiger partial charge in [0.25, 0.3) is 5.69 Å². The van der Waals surface area contributed by atoms with Gasteiger partial charge in [-0.25, -0.2) is 0 Å². The molecule has 3 aromatic rings. The van der Waals surface area contributed by atoms with E-state index >= 15 is 0 Å². The molecule has 0 unspecified atom stereocenters. The van der Waals surface area contributed by atoms with Gasteiger partial charge in [-0.1, -0.05) is 23.7 Å². The molecule has 2 aromatic carbocycles. The van der Waals surface area contributed by atoms with Crippen LogP contribution in [0.4, 0.5) is 5.69 Å². The second kappa shape index (κ2) is 7.52. The summed E-state index contributed by atoms with van der Waals surface area (Å²) < 4.78 is 7.68. The molecule has 1 saturated carbocycles. The molecule has 0 bridgehead atoms. The van der Waals surface area contributed by atoms with E-state index in [4.69, 9.17) is 16.3 Å². The average molecular weight is 412 g/mol. The van der Waals surface area contributed by atoms with Crippen molar-refractivity contribution in [2.45, 2.75) is 39.2 Å². The van der Waals surface area contributed by atoms with E-state index in [2.05, 4.69) is 5.10 Å². The van der Waals surface area contributed by atoms with E-state index in [1.807, 2.05) is 45.2 Å². The molecule has 0 saturated heterocycles. The van der Waals surface area contributed by atoms with Crippen LogP contribution >= 0.6 is 11.6 Å². The van der Waals surface area contributed by atoms with Crippen LogP contribution in [0.25, 0.3) is 11.3 Å². The minimum atomic E-state index is -0.325. The summed E-state index contributed by atoms with van der Waals surface area (Å²) in [6.07, 6.45) is 2.15. The predicted octanol–water partition coefficient (Wildman–Crippen LogP) is 5.72. The van der Waals surface area contributed by atoms with E-state index in [-0.39, 0.29) is 17.2 Å². The average Bonchev–Trinajstić information content (AvgIpc) is 3.51. The molecule has 150 valence electrons. The Hall–Kier alpha value is -2.86. The molecule has 0 aliphatic heterocycles. The molecule has 1 aliphatic carbocycles. The normalized spacial score (nSPS) is 13.5.